The second-order valence-corrected chi connectivity index (χ2v) is 6.66. The molecule has 0 fully saturated rings. The van der Waals surface area contributed by atoms with E-state index in [1.54, 1.807) is 6.07 Å². The first kappa shape index (κ1) is 21.0. The molecule has 3 rings (SSSR count). The molecular formula is C16H23Cl2N3O2S. The molecule has 0 spiro atoms. The Balaban J connectivity index is 0.00000144. The molecule has 1 aliphatic rings. The van der Waals surface area contributed by atoms with E-state index in [-0.39, 0.29) is 30.7 Å². The standard InChI is InChI=1S/C16H21N3O2S.2ClH/c1-11(19-4-2-15-12(9-19)3-5-22-15)8-18-16(20)13-6-14(7-17)21-10-13;;/h3,5-6,10-11H,2,4,7-9,17H2,1H3,(H,18,20);2*1H. The van der Waals surface area contributed by atoms with Gasteiger partial charge in [-0.3, -0.25) is 9.69 Å². The summed E-state index contributed by atoms with van der Waals surface area (Å²) in [5.41, 5.74) is 7.44. The third-order valence-corrected chi connectivity index (χ3v) is 5.16. The molecule has 0 bridgehead atoms. The Morgan fingerprint density at radius 3 is 3.00 bits per heavy atom. The Labute approximate surface area is 158 Å². The maximum Gasteiger partial charge on any atom is 0.254 e. The first-order chi connectivity index (χ1) is 10.7. The number of nitrogens with two attached hydrogens (primary N) is 1. The minimum absolute atomic E-state index is 0. The van der Waals surface area contributed by atoms with Crippen LogP contribution in [-0.4, -0.2) is 29.9 Å². The predicted octanol–water partition coefficient (Wildman–Crippen LogP) is 2.82. The van der Waals surface area contributed by atoms with Crippen LogP contribution in [0.15, 0.2) is 28.2 Å². The number of fused-ring (bicyclic) bond motifs is 1. The highest BCUT2D eigenvalue weighted by Gasteiger charge is 2.22. The predicted molar refractivity (Wildman–Crippen MR) is 101 cm³/mol. The number of hydrogen-bond donors (Lipinski definition) is 2. The molecule has 1 aliphatic heterocycles. The zero-order valence-corrected chi connectivity index (χ0v) is 15.9. The SMILES string of the molecule is CC(CNC(=O)c1coc(CN)c1)N1CCc2sccc2C1.Cl.Cl. The van der Waals surface area contributed by atoms with E-state index in [0.717, 1.165) is 19.5 Å². The molecule has 24 heavy (non-hydrogen) atoms. The highest BCUT2D eigenvalue weighted by atomic mass is 35.5. The van der Waals surface area contributed by atoms with E-state index in [1.165, 1.54) is 16.7 Å². The second kappa shape index (κ2) is 9.44. The van der Waals surface area contributed by atoms with Gasteiger partial charge in [0.2, 0.25) is 0 Å². The van der Waals surface area contributed by atoms with E-state index < -0.39 is 0 Å². The fourth-order valence-corrected chi connectivity index (χ4v) is 3.61. The monoisotopic (exact) mass is 391 g/mol. The summed E-state index contributed by atoms with van der Waals surface area (Å²) >= 11 is 1.84. The highest BCUT2D eigenvalue weighted by Crippen LogP contribution is 2.24. The molecule has 1 unspecified atom stereocenters. The number of halogens is 2. The van der Waals surface area contributed by atoms with Crippen LogP contribution in [-0.2, 0) is 19.5 Å². The van der Waals surface area contributed by atoms with Crippen molar-refractivity contribution in [1.29, 1.82) is 0 Å². The molecule has 8 heteroatoms. The van der Waals surface area contributed by atoms with Gasteiger partial charge in [0, 0.05) is 30.6 Å². The lowest BCUT2D eigenvalue weighted by Gasteiger charge is -2.32. The van der Waals surface area contributed by atoms with Crippen molar-refractivity contribution in [3.05, 3.63) is 45.5 Å². The van der Waals surface area contributed by atoms with Gasteiger partial charge < -0.3 is 15.5 Å². The van der Waals surface area contributed by atoms with Gasteiger partial charge in [-0.15, -0.1) is 36.2 Å². The smallest absolute Gasteiger partial charge is 0.254 e. The van der Waals surface area contributed by atoms with E-state index in [9.17, 15) is 4.79 Å². The highest BCUT2D eigenvalue weighted by molar-refractivity contribution is 7.10. The number of hydrogen-bond acceptors (Lipinski definition) is 5. The van der Waals surface area contributed by atoms with Gasteiger partial charge in [0.25, 0.3) is 5.91 Å². The number of carbonyl (C=O) groups excluding carboxylic acids is 1. The lowest BCUT2D eigenvalue weighted by atomic mass is 10.1. The molecule has 0 saturated heterocycles. The molecular weight excluding hydrogens is 369 g/mol. The molecule has 1 atom stereocenters. The quantitative estimate of drug-likeness (QED) is 0.821. The zero-order chi connectivity index (χ0) is 15.5. The van der Waals surface area contributed by atoms with Gasteiger partial charge in [-0.1, -0.05) is 0 Å². The minimum Gasteiger partial charge on any atom is -0.467 e. The molecule has 3 N–H and O–H groups in total. The molecule has 1 amide bonds. The summed E-state index contributed by atoms with van der Waals surface area (Å²) < 4.78 is 5.19. The number of nitrogens with zero attached hydrogens (tertiary/aromatic N) is 1. The van der Waals surface area contributed by atoms with Crippen LogP contribution in [0.3, 0.4) is 0 Å². The molecule has 0 radical (unpaired) electrons. The first-order valence-corrected chi connectivity index (χ1v) is 8.40. The molecule has 0 saturated carbocycles. The summed E-state index contributed by atoms with van der Waals surface area (Å²) in [6.45, 7) is 5.10. The first-order valence-electron chi connectivity index (χ1n) is 7.52. The molecule has 2 aromatic heterocycles. The topological polar surface area (TPSA) is 71.5 Å². The van der Waals surface area contributed by atoms with Gasteiger partial charge in [0.15, 0.2) is 0 Å². The van der Waals surface area contributed by atoms with Crippen molar-refractivity contribution in [2.45, 2.75) is 32.5 Å². The van der Waals surface area contributed by atoms with Crippen molar-refractivity contribution in [3.63, 3.8) is 0 Å². The minimum atomic E-state index is -0.108. The Morgan fingerprint density at radius 1 is 1.50 bits per heavy atom. The number of amides is 1. The third-order valence-electron chi connectivity index (χ3n) is 4.14. The van der Waals surface area contributed by atoms with Crippen molar-refractivity contribution in [2.75, 3.05) is 13.1 Å². The van der Waals surface area contributed by atoms with Crippen LogP contribution < -0.4 is 11.1 Å². The van der Waals surface area contributed by atoms with Gasteiger partial charge in [-0.2, -0.15) is 0 Å². The van der Waals surface area contributed by atoms with Crippen LogP contribution in [0, 0.1) is 0 Å². The number of nitrogens with one attached hydrogen (secondary N) is 1. The van der Waals surface area contributed by atoms with E-state index in [1.807, 2.05) is 11.3 Å². The van der Waals surface area contributed by atoms with E-state index in [0.29, 0.717) is 30.5 Å². The third kappa shape index (κ3) is 4.74. The van der Waals surface area contributed by atoms with Gasteiger partial charge in [-0.05, 0) is 36.4 Å². The van der Waals surface area contributed by atoms with Crippen molar-refractivity contribution < 1.29 is 9.21 Å². The fraction of sp³-hybridized carbons (Fsp3) is 0.438. The molecule has 3 heterocycles. The van der Waals surface area contributed by atoms with Gasteiger partial charge >= 0.3 is 0 Å². The summed E-state index contributed by atoms with van der Waals surface area (Å²) in [5.74, 6) is 0.516. The van der Waals surface area contributed by atoms with E-state index >= 15 is 0 Å². The molecule has 134 valence electrons. The fourth-order valence-electron chi connectivity index (χ4n) is 2.72. The number of furan rings is 1. The molecule has 0 aliphatic carbocycles. The number of rotatable bonds is 5. The lowest BCUT2D eigenvalue weighted by Crippen LogP contribution is -2.44. The van der Waals surface area contributed by atoms with Crippen molar-refractivity contribution >= 4 is 42.1 Å². The molecule has 5 nitrogen and oxygen atoms in total. The van der Waals surface area contributed by atoms with Crippen LogP contribution in [0.25, 0.3) is 0 Å². The van der Waals surface area contributed by atoms with Crippen LogP contribution in [0.2, 0.25) is 0 Å². The van der Waals surface area contributed by atoms with Crippen LogP contribution in [0.1, 0.15) is 33.5 Å². The van der Waals surface area contributed by atoms with E-state index in [2.05, 4.69) is 28.6 Å². The van der Waals surface area contributed by atoms with Gasteiger partial charge in [0.05, 0.1) is 12.1 Å². The van der Waals surface area contributed by atoms with Crippen molar-refractivity contribution in [1.82, 2.24) is 10.2 Å². The summed E-state index contributed by atoms with van der Waals surface area (Å²) in [4.78, 5) is 16.0. The average Bonchev–Trinajstić information content (AvgIpc) is 3.19. The van der Waals surface area contributed by atoms with Crippen molar-refractivity contribution in [3.8, 4) is 0 Å². The summed E-state index contributed by atoms with van der Waals surface area (Å²) in [7, 11) is 0. The lowest BCUT2D eigenvalue weighted by molar-refractivity contribution is 0.0932. The normalized spacial score (nSPS) is 14.9. The number of carbonyl (C=O) groups is 1. The Hall–Kier alpha value is -1.05. The Morgan fingerprint density at radius 2 is 2.29 bits per heavy atom. The van der Waals surface area contributed by atoms with E-state index in [4.69, 9.17) is 10.2 Å². The van der Waals surface area contributed by atoms with Gasteiger partial charge in [-0.25, -0.2) is 0 Å². The largest absolute Gasteiger partial charge is 0.467 e. The average molecular weight is 392 g/mol. The maximum absolute atomic E-state index is 12.1. The summed E-state index contributed by atoms with van der Waals surface area (Å²) in [5, 5.41) is 5.13. The Kier molecular flexibility index (Phi) is 8.26. The van der Waals surface area contributed by atoms with Crippen LogP contribution in [0.4, 0.5) is 0 Å². The van der Waals surface area contributed by atoms with Crippen LogP contribution >= 0.6 is 36.2 Å². The summed E-state index contributed by atoms with van der Waals surface area (Å²) in [6, 6.07) is 4.20. The molecule has 2 aromatic rings. The van der Waals surface area contributed by atoms with Crippen LogP contribution in [0.5, 0.6) is 0 Å². The number of thiophene rings is 1. The Bertz CT molecular complexity index is 659. The van der Waals surface area contributed by atoms with Crippen molar-refractivity contribution in [2.24, 2.45) is 5.73 Å². The second-order valence-electron chi connectivity index (χ2n) is 5.65. The maximum atomic E-state index is 12.1. The summed E-state index contributed by atoms with van der Waals surface area (Å²) in [6.07, 6.45) is 2.56. The zero-order valence-electron chi connectivity index (χ0n) is 13.5. The molecule has 0 aromatic carbocycles. The van der Waals surface area contributed by atoms with Gasteiger partial charge in [0.1, 0.15) is 12.0 Å².